The zero-order chi connectivity index (χ0) is 14.7. The number of nitrogens with zero attached hydrogens (tertiary/aromatic N) is 2. The fourth-order valence-electron chi connectivity index (χ4n) is 2.51. The van der Waals surface area contributed by atoms with E-state index in [1.54, 1.807) is 0 Å². The predicted octanol–water partition coefficient (Wildman–Crippen LogP) is 0.926. The summed E-state index contributed by atoms with van der Waals surface area (Å²) in [5.41, 5.74) is 10.7. The minimum absolute atomic E-state index is 0.218. The van der Waals surface area contributed by atoms with Gasteiger partial charge in [0.2, 0.25) is 11.8 Å². The van der Waals surface area contributed by atoms with Gasteiger partial charge >= 0.3 is 0 Å². The van der Waals surface area contributed by atoms with Crippen LogP contribution < -0.4 is 16.4 Å². The lowest BCUT2D eigenvalue weighted by atomic mass is 9.94. The number of amides is 2. The molecule has 6 nitrogen and oxygen atoms in total. The van der Waals surface area contributed by atoms with Crippen LogP contribution in [-0.2, 0) is 4.79 Å². The van der Waals surface area contributed by atoms with E-state index in [1.807, 2.05) is 4.90 Å². The van der Waals surface area contributed by atoms with Crippen LogP contribution >= 0.6 is 11.6 Å². The van der Waals surface area contributed by atoms with E-state index in [2.05, 4.69) is 4.98 Å². The molecule has 4 N–H and O–H groups in total. The monoisotopic (exact) mass is 296 g/mol. The van der Waals surface area contributed by atoms with Crippen LogP contribution in [0.15, 0.2) is 12.3 Å². The van der Waals surface area contributed by atoms with Crippen molar-refractivity contribution in [1.29, 1.82) is 0 Å². The molecule has 1 aliphatic heterocycles. The first-order valence-corrected chi connectivity index (χ1v) is 6.83. The number of nitrogens with two attached hydrogens (primary N) is 2. The molecule has 1 saturated heterocycles. The van der Waals surface area contributed by atoms with Gasteiger partial charge in [0.25, 0.3) is 0 Å². The van der Waals surface area contributed by atoms with Gasteiger partial charge in [0, 0.05) is 25.7 Å². The van der Waals surface area contributed by atoms with Gasteiger partial charge in [-0.3, -0.25) is 9.59 Å². The van der Waals surface area contributed by atoms with Crippen LogP contribution in [0.3, 0.4) is 0 Å². The maximum atomic E-state index is 11.1. The minimum atomic E-state index is -0.559. The summed E-state index contributed by atoms with van der Waals surface area (Å²) in [6.07, 6.45) is 3.71. The first-order valence-electron chi connectivity index (χ1n) is 6.46. The zero-order valence-corrected chi connectivity index (χ0v) is 11.8. The van der Waals surface area contributed by atoms with Gasteiger partial charge in [-0.25, -0.2) is 4.98 Å². The summed E-state index contributed by atoms with van der Waals surface area (Å²) in [4.78, 5) is 28.3. The van der Waals surface area contributed by atoms with Gasteiger partial charge in [-0.1, -0.05) is 11.6 Å². The SMILES string of the molecule is NC(=O)CC1CCCN(c2ncc(C(N)=O)cc2Cl)C1. The van der Waals surface area contributed by atoms with Crippen molar-refractivity contribution in [2.24, 2.45) is 17.4 Å². The Morgan fingerprint density at radius 2 is 2.20 bits per heavy atom. The lowest BCUT2D eigenvalue weighted by Crippen LogP contribution is -2.37. The smallest absolute Gasteiger partial charge is 0.250 e. The summed E-state index contributed by atoms with van der Waals surface area (Å²) in [6.45, 7) is 1.50. The number of aromatic nitrogens is 1. The Balaban J connectivity index is 2.14. The molecule has 20 heavy (non-hydrogen) atoms. The van der Waals surface area contributed by atoms with E-state index in [4.69, 9.17) is 23.1 Å². The molecule has 2 heterocycles. The molecule has 2 rings (SSSR count). The Bertz CT molecular complexity index is 535. The number of hydrogen-bond donors (Lipinski definition) is 2. The Kier molecular flexibility index (Phi) is 4.44. The summed E-state index contributed by atoms with van der Waals surface area (Å²) in [5, 5.41) is 0.390. The van der Waals surface area contributed by atoms with E-state index in [9.17, 15) is 9.59 Å². The van der Waals surface area contributed by atoms with E-state index in [1.165, 1.54) is 12.3 Å². The van der Waals surface area contributed by atoms with E-state index in [0.29, 0.717) is 23.8 Å². The number of halogens is 1. The van der Waals surface area contributed by atoms with Crippen LogP contribution in [0, 0.1) is 5.92 Å². The van der Waals surface area contributed by atoms with Gasteiger partial charge in [0.1, 0.15) is 5.82 Å². The maximum absolute atomic E-state index is 11.1. The summed E-state index contributed by atoms with van der Waals surface area (Å²) in [5.74, 6) is -0.0167. The highest BCUT2D eigenvalue weighted by molar-refractivity contribution is 6.33. The molecule has 0 saturated carbocycles. The first-order chi connectivity index (χ1) is 9.47. The van der Waals surface area contributed by atoms with Crippen LogP contribution in [-0.4, -0.2) is 29.9 Å². The van der Waals surface area contributed by atoms with Crippen LogP contribution in [0.25, 0.3) is 0 Å². The molecule has 0 spiro atoms. The number of carbonyl (C=O) groups excluding carboxylic acids is 2. The second-order valence-electron chi connectivity index (χ2n) is 5.02. The van der Waals surface area contributed by atoms with E-state index >= 15 is 0 Å². The van der Waals surface area contributed by atoms with Crippen molar-refractivity contribution >= 4 is 29.2 Å². The molecule has 108 valence electrons. The molecular formula is C13H17ClN4O2. The van der Waals surface area contributed by atoms with Crippen molar-refractivity contribution in [2.75, 3.05) is 18.0 Å². The Labute approximate surface area is 122 Å². The number of pyridine rings is 1. The lowest BCUT2D eigenvalue weighted by molar-refractivity contribution is -0.118. The summed E-state index contributed by atoms with van der Waals surface area (Å²) in [7, 11) is 0. The fourth-order valence-corrected chi connectivity index (χ4v) is 2.79. The number of carbonyl (C=O) groups is 2. The Morgan fingerprint density at radius 1 is 1.45 bits per heavy atom. The molecule has 1 aromatic heterocycles. The van der Waals surface area contributed by atoms with Gasteiger partial charge in [-0.15, -0.1) is 0 Å². The molecule has 1 fully saturated rings. The third-order valence-corrected chi connectivity index (χ3v) is 3.69. The fraction of sp³-hybridized carbons (Fsp3) is 0.462. The average Bonchev–Trinajstić information content (AvgIpc) is 2.38. The normalized spacial score (nSPS) is 18.9. The van der Waals surface area contributed by atoms with Gasteiger partial charge in [0.05, 0.1) is 10.6 Å². The maximum Gasteiger partial charge on any atom is 0.250 e. The highest BCUT2D eigenvalue weighted by Crippen LogP contribution is 2.29. The predicted molar refractivity (Wildman–Crippen MR) is 76.5 cm³/mol. The number of primary amides is 2. The van der Waals surface area contributed by atoms with Crippen LogP contribution in [0.1, 0.15) is 29.6 Å². The number of rotatable bonds is 4. The third-order valence-electron chi connectivity index (χ3n) is 3.41. The molecule has 1 aliphatic rings. The van der Waals surface area contributed by atoms with E-state index in [-0.39, 0.29) is 17.4 Å². The average molecular weight is 297 g/mol. The molecule has 1 unspecified atom stereocenters. The van der Waals surface area contributed by atoms with Crippen molar-refractivity contribution < 1.29 is 9.59 Å². The van der Waals surface area contributed by atoms with Crippen molar-refractivity contribution in [3.05, 3.63) is 22.8 Å². The molecule has 0 aliphatic carbocycles. The van der Waals surface area contributed by atoms with Gasteiger partial charge in [-0.05, 0) is 24.8 Å². The summed E-state index contributed by atoms with van der Waals surface area (Å²) < 4.78 is 0. The second kappa shape index (κ2) is 6.09. The molecule has 1 atom stereocenters. The van der Waals surface area contributed by atoms with Crippen LogP contribution in [0.5, 0.6) is 0 Å². The second-order valence-corrected chi connectivity index (χ2v) is 5.43. The number of hydrogen-bond acceptors (Lipinski definition) is 4. The Morgan fingerprint density at radius 3 is 2.80 bits per heavy atom. The lowest BCUT2D eigenvalue weighted by Gasteiger charge is -2.33. The largest absolute Gasteiger partial charge is 0.370 e. The number of anilines is 1. The molecule has 7 heteroatoms. The third kappa shape index (κ3) is 3.39. The van der Waals surface area contributed by atoms with E-state index in [0.717, 1.165) is 19.4 Å². The van der Waals surface area contributed by atoms with Crippen molar-refractivity contribution in [3.8, 4) is 0 Å². The highest BCUT2D eigenvalue weighted by atomic mass is 35.5. The number of piperidine rings is 1. The summed E-state index contributed by atoms with van der Waals surface area (Å²) in [6, 6.07) is 1.52. The molecule has 2 amide bonds. The van der Waals surface area contributed by atoms with Crippen molar-refractivity contribution in [1.82, 2.24) is 4.98 Å². The molecule has 0 aromatic carbocycles. The topological polar surface area (TPSA) is 102 Å². The quantitative estimate of drug-likeness (QED) is 0.862. The molecule has 0 bridgehead atoms. The van der Waals surface area contributed by atoms with Gasteiger partial charge in [0.15, 0.2) is 0 Å². The van der Waals surface area contributed by atoms with Crippen molar-refractivity contribution in [3.63, 3.8) is 0 Å². The molecular weight excluding hydrogens is 280 g/mol. The summed E-state index contributed by atoms with van der Waals surface area (Å²) >= 11 is 6.16. The van der Waals surface area contributed by atoms with E-state index < -0.39 is 5.91 Å². The zero-order valence-electron chi connectivity index (χ0n) is 11.0. The van der Waals surface area contributed by atoms with Crippen LogP contribution in [0.4, 0.5) is 5.82 Å². The first kappa shape index (κ1) is 14.6. The Hall–Kier alpha value is -1.82. The van der Waals surface area contributed by atoms with Gasteiger partial charge < -0.3 is 16.4 Å². The minimum Gasteiger partial charge on any atom is -0.370 e. The standard InChI is InChI=1S/C13H17ClN4O2/c14-10-5-9(12(16)20)6-17-13(10)18-3-1-2-8(7-18)4-11(15)19/h5-6,8H,1-4,7H2,(H2,15,19)(H2,16,20). The molecule has 1 aromatic rings. The van der Waals surface area contributed by atoms with Crippen LogP contribution in [0.2, 0.25) is 5.02 Å². The van der Waals surface area contributed by atoms with Gasteiger partial charge in [-0.2, -0.15) is 0 Å². The molecule has 0 radical (unpaired) electrons. The van der Waals surface area contributed by atoms with Crippen molar-refractivity contribution in [2.45, 2.75) is 19.3 Å². The highest BCUT2D eigenvalue weighted by Gasteiger charge is 2.24.